The quantitative estimate of drug-likeness (QED) is 0.494. The van der Waals surface area contributed by atoms with Crippen molar-refractivity contribution < 1.29 is 4.74 Å². The van der Waals surface area contributed by atoms with Crippen molar-refractivity contribution in [3.63, 3.8) is 0 Å². The monoisotopic (exact) mass is 363 g/mol. The zero-order chi connectivity index (χ0) is 18.2. The van der Waals surface area contributed by atoms with Crippen molar-refractivity contribution in [2.24, 2.45) is 0 Å². The lowest BCUT2D eigenvalue weighted by Gasteiger charge is -2.27. The summed E-state index contributed by atoms with van der Waals surface area (Å²) in [7, 11) is 1.64. The van der Waals surface area contributed by atoms with Crippen molar-refractivity contribution in [2.75, 3.05) is 17.4 Å². The molecule has 3 rings (SSSR count). The fourth-order valence-electron chi connectivity index (χ4n) is 2.59. The molecule has 0 heterocycles. The SMILES string of the molecule is COc1ccccc1NC(=S)NN(Cc1ccccc1)c1ccccc1. The molecule has 4 nitrogen and oxygen atoms in total. The third kappa shape index (κ3) is 4.74. The van der Waals surface area contributed by atoms with Crippen LogP contribution in [0, 0.1) is 0 Å². The first-order chi connectivity index (χ1) is 12.8. The van der Waals surface area contributed by atoms with Crippen LogP contribution in [0.4, 0.5) is 11.4 Å². The Labute approximate surface area is 159 Å². The summed E-state index contributed by atoms with van der Waals surface area (Å²) >= 11 is 5.52. The molecule has 132 valence electrons. The van der Waals surface area contributed by atoms with Crippen LogP contribution in [0.5, 0.6) is 5.75 Å². The average Bonchev–Trinajstić information content (AvgIpc) is 2.69. The van der Waals surface area contributed by atoms with Crippen LogP contribution in [0.15, 0.2) is 84.9 Å². The van der Waals surface area contributed by atoms with Gasteiger partial charge in [-0.15, -0.1) is 0 Å². The number of rotatable bonds is 6. The van der Waals surface area contributed by atoms with E-state index < -0.39 is 0 Å². The highest BCUT2D eigenvalue weighted by atomic mass is 32.1. The fraction of sp³-hybridized carbons (Fsp3) is 0.0952. The van der Waals surface area contributed by atoms with E-state index in [1.54, 1.807) is 7.11 Å². The van der Waals surface area contributed by atoms with Gasteiger partial charge in [0.1, 0.15) is 5.75 Å². The van der Waals surface area contributed by atoms with Gasteiger partial charge in [-0.25, -0.2) is 0 Å². The summed E-state index contributed by atoms with van der Waals surface area (Å²) in [5.74, 6) is 0.742. The molecule has 3 aromatic rings. The molecule has 0 aliphatic rings. The minimum absolute atomic E-state index is 0.495. The maximum atomic E-state index is 5.52. The van der Waals surface area contributed by atoms with E-state index >= 15 is 0 Å². The van der Waals surface area contributed by atoms with E-state index in [0.717, 1.165) is 17.1 Å². The number of ether oxygens (including phenoxy) is 1. The van der Waals surface area contributed by atoms with Crippen molar-refractivity contribution in [3.8, 4) is 5.75 Å². The van der Waals surface area contributed by atoms with Crippen molar-refractivity contribution >= 4 is 28.7 Å². The third-order valence-electron chi connectivity index (χ3n) is 3.84. The second-order valence-corrected chi connectivity index (χ2v) is 6.08. The maximum absolute atomic E-state index is 5.52. The first-order valence-electron chi connectivity index (χ1n) is 8.33. The Kier molecular flexibility index (Phi) is 6.06. The average molecular weight is 363 g/mol. The van der Waals surface area contributed by atoms with Gasteiger partial charge in [-0.2, -0.15) is 0 Å². The Balaban J connectivity index is 1.75. The van der Waals surface area contributed by atoms with Gasteiger partial charge < -0.3 is 10.1 Å². The summed E-state index contributed by atoms with van der Waals surface area (Å²) in [5, 5.41) is 5.71. The fourth-order valence-corrected chi connectivity index (χ4v) is 2.81. The van der Waals surface area contributed by atoms with Gasteiger partial charge in [0, 0.05) is 0 Å². The number of hydrogen-bond acceptors (Lipinski definition) is 3. The Morgan fingerprint density at radius 1 is 0.885 bits per heavy atom. The van der Waals surface area contributed by atoms with Crippen molar-refractivity contribution in [2.45, 2.75) is 6.54 Å². The summed E-state index contributed by atoms with van der Waals surface area (Å²) in [5.41, 5.74) is 6.31. The van der Waals surface area contributed by atoms with Gasteiger partial charge in [0.2, 0.25) is 0 Å². The molecular formula is C21H21N3OS. The van der Waals surface area contributed by atoms with Crippen LogP contribution in [0.2, 0.25) is 0 Å². The van der Waals surface area contributed by atoms with Crippen LogP contribution in [0.3, 0.4) is 0 Å². The number of thiocarbonyl (C=S) groups is 1. The van der Waals surface area contributed by atoms with E-state index in [1.807, 2.05) is 77.8 Å². The molecule has 26 heavy (non-hydrogen) atoms. The van der Waals surface area contributed by atoms with Gasteiger partial charge in [0.15, 0.2) is 5.11 Å². The molecule has 0 unspecified atom stereocenters. The summed E-state index contributed by atoms with van der Waals surface area (Å²) in [6, 6.07) is 28.0. The van der Waals surface area contributed by atoms with Crippen LogP contribution in [-0.4, -0.2) is 12.2 Å². The molecular weight excluding hydrogens is 342 g/mol. The van der Waals surface area contributed by atoms with Crippen LogP contribution < -0.4 is 20.5 Å². The summed E-state index contributed by atoms with van der Waals surface area (Å²) < 4.78 is 5.37. The largest absolute Gasteiger partial charge is 0.495 e. The van der Waals surface area contributed by atoms with E-state index in [0.29, 0.717) is 11.7 Å². The number of anilines is 2. The molecule has 3 aromatic carbocycles. The van der Waals surface area contributed by atoms with E-state index in [9.17, 15) is 0 Å². The first-order valence-corrected chi connectivity index (χ1v) is 8.74. The number of nitrogens with one attached hydrogen (secondary N) is 2. The highest BCUT2D eigenvalue weighted by Gasteiger charge is 2.10. The lowest BCUT2D eigenvalue weighted by atomic mass is 10.2. The molecule has 2 N–H and O–H groups in total. The summed E-state index contributed by atoms with van der Waals surface area (Å²) in [4.78, 5) is 0. The Morgan fingerprint density at radius 3 is 2.19 bits per heavy atom. The third-order valence-corrected chi connectivity index (χ3v) is 4.04. The summed E-state index contributed by atoms with van der Waals surface area (Å²) in [6.07, 6.45) is 0. The van der Waals surface area contributed by atoms with Gasteiger partial charge >= 0.3 is 0 Å². The molecule has 0 atom stereocenters. The highest BCUT2D eigenvalue weighted by molar-refractivity contribution is 7.80. The second-order valence-electron chi connectivity index (χ2n) is 5.67. The van der Waals surface area contributed by atoms with E-state index in [1.165, 1.54) is 5.56 Å². The van der Waals surface area contributed by atoms with Gasteiger partial charge in [-0.05, 0) is 42.0 Å². The normalized spacial score (nSPS) is 10.0. The molecule has 5 heteroatoms. The van der Waals surface area contributed by atoms with Crippen molar-refractivity contribution in [3.05, 3.63) is 90.5 Å². The van der Waals surface area contributed by atoms with Gasteiger partial charge in [0.25, 0.3) is 0 Å². The molecule has 0 saturated heterocycles. The van der Waals surface area contributed by atoms with Gasteiger partial charge in [0.05, 0.1) is 25.0 Å². The van der Waals surface area contributed by atoms with Crippen LogP contribution >= 0.6 is 12.2 Å². The first kappa shape index (κ1) is 17.8. The number of benzene rings is 3. The lowest BCUT2D eigenvalue weighted by molar-refractivity contribution is 0.417. The van der Waals surface area contributed by atoms with Crippen LogP contribution in [0.1, 0.15) is 5.56 Å². The molecule has 0 bridgehead atoms. The van der Waals surface area contributed by atoms with E-state index in [4.69, 9.17) is 17.0 Å². The Morgan fingerprint density at radius 2 is 1.50 bits per heavy atom. The number of methoxy groups -OCH3 is 1. The van der Waals surface area contributed by atoms with Gasteiger partial charge in [-0.1, -0.05) is 60.7 Å². The van der Waals surface area contributed by atoms with Gasteiger partial charge in [-0.3, -0.25) is 10.4 Å². The number of para-hydroxylation sites is 3. The van der Waals surface area contributed by atoms with E-state index in [-0.39, 0.29) is 0 Å². The zero-order valence-corrected chi connectivity index (χ0v) is 15.4. The molecule has 0 fully saturated rings. The number of nitrogens with zero attached hydrogens (tertiary/aromatic N) is 1. The van der Waals surface area contributed by atoms with Crippen LogP contribution in [-0.2, 0) is 6.54 Å². The minimum Gasteiger partial charge on any atom is -0.495 e. The summed E-state index contributed by atoms with van der Waals surface area (Å²) in [6.45, 7) is 0.679. The molecule has 0 aromatic heterocycles. The highest BCUT2D eigenvalue weighted by Crippen LogP contribution is 2.23. The minimum atomic E-state index is 0.495. The molecule has 0 radical (unpaired) electrons. The molecule has 0 aliphatic carbocycles. The standard InChI is InChI=1S/C21H21N3OS/c1-25-20-15-9-8-14-19(20)22-21(26)23-24(18-12-6-3-7-13-18)16-17-10-4-2-5-11-17/h2-15H,16H2,1H3,(H2,22,23,26). The molecule has 0 amide bonds. The topological polar surface area (TPSA) is 36.5 Å². The predicted molar refractivity (Wildman–Crippen MR) is 111 cm³/mol. The molecule has 0 spiro atoms. The van der Waals surface area contributed by atoms with Crippen molar-refractivity contribution in [1.82, 2.24) is 5.43 Å². The number of hydrazine groups is 1. The smallest absolute Gasteiger partial charge is 0.189 e. The van der Waals surface area contributed by atoms with Crippen molar-refractivity contribution in [1.29, 1.82) is 0 Å². The van der Waals surface area contributed by atoms with Crippen LogP contribution in [0.25, 0.3) is 0 Å². The Hall–Kier alpha value is -3.05. The Bertz CT molecular complexity index is 840. The second kappa shape index (κ2) is 8.87. The lowest BCUT2D eigenvalue weighted by Crippen LogP contribution is -2.44. The number of hydrogen-bond donors (Lipinski definition) is 2. The maximum Gasteiger partial charge on any atom is 0.189 e. The predicted octanol–water partition coefficient (Wildman–Crippen LogP) is 4.60. The molecule has 0 aliphatic heterocycles. The zero-order valence-electron chi connectivity index (χ0n) is 14.6. The molecule has 0 saturated carbocycles. The van der Waals surface area contributed by atoms with E-state index in [2.05, 4.69) is 22.9 Å².